The zero-order chi connectivity index (χ0) is 19.9. The van der Waals surface area contributed by atoms with E-state index in [0.717, 1.165) is 12.1 Å². The van der Waals surface area contributed by atoms with Gasteiger partial charge in [0, 0.05) is 36.9 Å². The van der Waals surface area contributed by atoms with Crippen LogP contribution in [-0.2, 0) is 9.59 Å². The maximum atomic E-state index is 10.6. The molecule has 0 radical (unpaired) electrons. The molecule has 154 valence electrons. The molecule has 0 spiro atoms. The lowest BCUT2D eigenvalue weighted by Crippen LogP contribution is -2.41. The highest BCUT2D eigenvalue weighted by atomic mass is 32.2. The SMILES string of the molecule is C1CCC(NC2CCCCC2)CC1.CC(=O)N[C@@H](CSCCC#N)C(=O)O. The summed E-state index contributed by atoms with van der Waals surface area (Å²) in [5, 5.41) is 23.1. The molecular weight excluding hydrogens is 362 g/mol. The number of carboxylic acid groups (broad SMARTS) is 1. The summed E-state index contributed by atoms with van der Waals surface area (Å²) in [6.07, 6.45) is 15.0. The van der Waals surface area contributed by atoms with Crippen LogP contribution < -0.4 is 10.6 Å². The van der Waals surface area contributed by atoms with Crippen LogP contribution >= 0.6 is 11.8 Å². The van der Waals surface area contributed by atoms with Crippen LogP contribution in [-0.4, -0.2) is 46.6 Å². The molecule has 0 aromatic rings. The number of nitrogens with zero attached hydrogens (tertiary/aromatic N) is 1. The molecule has 6 nitrogen and oxygen atoms in total. The van der Waals surface area contributed by atoms with Crippen LogP contribution in [0.25, 0.3) is 0 Å². The monoisotopic (exact) mass is 397 g/mol. The molecule has 0 bridgehead atoms. The Morgan fingerprint density at radius 1 is 1.07 bits per heavy atom. The summed E-state index contributed by atoms with van der Waals surface area (Å²) < 4.78 is 0. The van der Waals surface area contributed by atoms with Crippen molar-refractivity contribution in [3.8, 4) is 6.07 Å². The predicted molar refractivity (Wildman–Crippen MR) is 110 cm³/mol. The largest absolute Gasteiger partial charge is 0.480 e. The average molecular weight is 398 g/mol. The maximum absolute atomic E-state index is 10.6. The minimum absolute atomic E-state index is 0.288. The topological polar surface area (TPSA) is 102 Å². The first-order chi connectivity index (χ1) is 13.0. The average Bonchev–Trinajstić information content (AvgIpc) is 2.66. The Kier molecular flexibility index (Phi) is 13.0. The first-order valence-corrected chi connectivity index (χ1v) is 11.4. The molecule has 0 aromatic carbocycles. The molecule has 0 saturated heterocycles. The van der Waals surface area contributed by atoms with Crippen molar-refractivity contribution in [1.29, 1.82) is 5.26 Å². The molecule has 2 fully saturated rings. The minimum Gasteiger partial charge on any atom is -0.480 e. The third kappa shape index (κ3) is 11.9. The highest BCUT2D eigenvalue weighted by Gasteiger charge is 2.19. The number of aliphatic carboxylic acids is 1. The highest BCUT2D eigenvalue weighted by Crippen LogP contribution is 2.22. The van der Waals surface area contributed by atoms with Crippen molar-refractivity contribution < 1.29 is 14.7 Å². The lowest BCUT2D eigenvalue weighted by Gasteiger charge is -2.30. The number of amides is 1. The van der Waals surface area contributed by atoms with Crippen molar-refractivity contribution in [3.05, 3.63) is 0 Å². The molecule has 27 heavy (non-hydrogen) atoms. The van der Waals surface area contributed by atoms with Gasteiger partial charge in [-0.15, -0.1) is 0 Å². The maximum Gasteiger partial charge on any atom is 0.327 e. The molecule has 0 heterocycles. The third-order valence-electron chi connectivity index (χ3n) is 5.00. The molecule has 7 heteroatoms. The molecular formula is C20H35N3O3S. The van der Waals surface area contributed by atoms with Crippen LogP contribution in [0.4, 0.5) is 0 Å². The van der Waals surface area contributed by atoms with Gasteiger partial charge in [-0.25, -0.2) is 4.79 Å². The molecule has 0 aromatic heterocycles. The van der Waals surface area contributed by atoms with Crippen LogP contribution in [0.3, 0.4) is 0 Å². The summed E-state index contributed by atoms with van der Waals surface area (Å²) in [4.78, 5) is 21.2. The van der Waals surface area contributed by atoms with Gasteiger partial charge in [0.05, 0.1) is 6.07 Å². The smallest absolute Gasteiger partial charge is 0.327 e. The van der Waals surface area contributed by atoms with Gasteiger partial charge in [0.15, 0.2) is 0 Å². The predicted octanol–water partition coefficient (Wildman–Crippen LogP) is 3.46. The number of hydrogen-bond donors (Lipinski definition) is 3. The minimum atomic E-state index is -1.05. The van der Waals surface area contributed by atoms with E-state index in [4.69, 9.17) is 10.4 Å². The van der Waals surface area contributed by atoms with Crippen molar-refractivity contribution >= 4 is 23.6 Å². The van der Waals surface area contributed by atoms with Gasteiger partial charge in [0.2, 0.25) is 5.91 Å². The van der Waals surface area contributed by atoms with Crippen molar-refractivity contribution in [1.82, 2.24) is 10.6 Å². The number of nitriles is 1. The van der Waals surface area contributed by atoms with Gasteiger partial charge in [0.25, 0.3) is 0 Å². The van der Waals surface area contributed by atoms with Gasteiger partial charge in [-0.2, -0.15) is 17.0 Å². The molecule has 2 aliphatic rings. The first kappa shape index (κ1) is 23.8. The second-order valence-electron chi connectivity index (χ2n) is 7.41. The summed E-state index contributed by atoms with van der Waals surface area (Å²) in [5.74, 6) is -0.542. The second kappa shape index (κ2) is 14.8. The van der Waals surface area contributed by atoms with E-state index < -0.39 is 12.0 Å². The van der Waals surface area contributed by atoms with Gasteiger partial charge in [-0.3, -0.25) is 4.79 Å². The van der Waals surface area contributed by atoms with Crippen molar-refractivity contribution in [2.24, 2.45) is 0 Å². The Morgan fingerprint density at radius 3 is 2.00 bits per heavy atom. The number of hydrogen-bond acceptors (Lipinski definition) is 5. The number of thioether (sulfide) groups is 1. The van der Waals surface area contributed by atoms with E-state index in [1.54, 1.807) is 0 Å². The molecule has 2 aliphatic carbocycles. The van der Waals surface area contributed by atoms with E-state index in [0.29, 0.717) is 12.2 Å². The Hall–Kier alpha value is -1.26. The van der Waals surface area contributed by atoms with Crippen molar-refractivity contribution in [3.63, 3.8) is 0 Å². The van der Waals surface area contributed by atoms with Gasteiger partial charge >= 0.3 is 5.97 Å². The first-order valence-electron chi connectivity index (χ1n) is 10.2. The molecule has 1 atom stereocenters. The molecule has 2 saturated carbocycles. The number of nitrogens with one attached hydrogen (secondary N) is 2. The van der Waals surface area contributed by atoms with E-state index in [2.05, 4.69) is 10.6 Å². The van der Waals surface area contributed by atoms with Crippen LogP contribution in [0.5, 0.6) is 0 Å². The van der Waals surface area contributed by atoms with Crippen molar-refractivity contribution in [2.75, 3.05) is 11.5 Å². The van der Waals surface area contributed by atoms with Crippen LogP contribution in [0.2, 0.25) is 0 Å². The standard InChI is InChI=1S/C12H23N.C8H12N2O3S/c1-3-7-11(8-4-1)13-12-9-5-2-6-10-12;1-6(11)10-7(8(12)13)5-14-4-2-3-9/h11-13H,1-10H2;7H,2,4-5H2,1H3,(H,10,11)(H,12,13)/t;7-/m.0/s1. The normalized spacial score (nSPS) is 19.3. The zero-order valence-corrected chi connectivity index (χ0v) is 17.4. The van der Waals surface area contributed by atoms with E-state index in [9.17, 15) is 9.59 Å². The van der Waals surface area contributed by atoms with Gasteiger partial charge < -0.3 is 15.7 Å². The molecule has 3 N–H and O–H groups in total. The molecule has 0 aliphatic heterocycles. The summed E-state index contributed by atoms with van der Waals surface area (Å²) in [6, 6.07) is 2.84. The lowest BCUT2D eigenvalue weighted by molar-refractivity contribution is -0.140. The Morgan fingerprint density at radius 2 is 1.59 bits per heavy atom. The number of rotatable bonds is 8. The van der Waals surface area contributed by atoms with Crippen LogP contribution in [0.1, 0.15) is 77.6 Å². The Balaban J connectivity index is 0.000000270. The van der Waals surface area contributed by atoms with E-state index in [1.807, 2.05) is 6.07 Å². The summed E-state index contributed by atoms with van der Waals surface area (Å²) in [7, 11) is 0. The third-order valence-corrected chi connectivity index (χ3v) is 6.06. The highest BCUT2D eigenvalue weighted by molar-refractivity contribution is 7.99. The van der Waals surface area contributed by atoms with Gasteiger partial charge in [0.1, 0.15) is 6.04 Å². The number of carbonyl (C=O) groups is 2. The molecule has 2 rings (SSSR count). The van der Waals surface area contributed by atoms with E-state index in [1.165, 1.54) is 82.9 Å². The zero-order valence-electron chi connectivity index (χ0n) is 16.5. The lowest BCUT2D eigenvalue weighted by atomic mass is 9.91. The fourth-order valence-corrected chi connectivity index (χ4v) is 4.47. The molecule has 0 unspecified atom stereocenters. The molecule has 1 amide bonds. The summed E-state index contributed by atoms with van der Waals surface area (Å²) in [6.45, 7) is 1.27. The summed E-state index contributed by atoms with van der Waals surface area (Å²) in [5.41, 5.74) is 0. The number of carboxylic acids is 1. The van der Waals surface area contributed by atoms with Crippen molar-refractivity contribution in [2.45, 2.75) is 95.7 Å². The fraction of sp³-hybridized carbons (Fsp3) is 0.850. The van der Waals surface area contributed by atoms with E-state index in [-0.39, 0.29) is 11.7 Å². The van der Waals surface area contributed by atoms with Gasteiger partial charge in [-0.1, -0.05) is 38.5 Å². The van der Waals surface area contributed by atoms with Crippen LogP contribution in [0.15, 0.2) is 0 Å². The quantitative estimate of drug-likeness (QED) is 0.542. The summed E-state index contributed by atoms with van der Waals surface area (Å²) >= 11 is 1.34. The van der Waals surface area contributed by atoms with Crippen LogP contribution in [0, 0.1) is 11.3 Å². The van der Waals surface area contributed by atoms with E-state index >= 15 is 0 Å². The number of carbonyl (C=O) groups excluding carboxylic acids is 1. The Bertz CT molecular complexity index is 454. The van der Waals surface area contributed by atoms with Gasteiger partial charge in [-0.05, 0) is 25.7 Å². The second-order valence-corrected chi connectivity index (χ2v) is 8.56. The fourth-order valence-electron chi connectivity index (χ4n) is 3.61. The Labute approximate surface area is 167 Å².